The van der Waals surface area contributed by atoms with Crippen molar-refractivity contribution in [1.82, 2.24) is 5.32 Å². The van der Waals surface area contributed by atoms with Crippen molar-refractivity contribution in [3.8, 4) is 0 Å². The lowest BCUT2D eigenvalue weighted by molar-refractivity contribution is -0.155. The van der Waals surface area contributed by atoms with Crippen LogP contribution in [0.3, 0.4) is 0 Å². The molecule has 66 heavy (non-hydrogen) atoms. The Balaban J connectivity index is 1.95. The molecule has 2 N–H and O–H groups in total. The van der Waals surface area contributed by atoms with Gasteiger partial charge < -0.3 is 24.6 Å². The van der Waals surface area contributed by atoms with Crippen molar-refractivity contribution in [2.24, 2.45) is 0 Å². The highest BCUT2D eigenvalue weighted by molar-refractivity contribution is 5.90. The smallest absolute Gasteiger partial charge is 0.338 e. The molecule has 374 valence electrons. The summed E-state index contributed by atoms with van der Waals surface area (Å²) < 4.78 is 17.8. The topological polar surface area (TPSA) is 128 Å². The highest BCUT2D eigenvalue weighted by atomic mass is 16.6. The van der Waals surface area contributed by atoms with E-state index in [1.165, 1.54) is 155 Å². The van der Waals surface area contributed by atoms with Gasteiger partial charge in [-0.15, -0.1) is 0 Å². The minimum Gasteiger partial charge on any atom is -0.455 e. The molecule has 2 rings (SSSR count). The first kappa shape index (κ1) is 58.4. The summed E-state index contributed by atoms with van der Waals surface area (Å²) >= 11 is 0. The molecule has 0 saturated heterocycles. The number of carbonyl (C=O) groups is 4. The number of rotatable bonds is 43. The minimum absolute atomic E-state index is 0.283. The maximum atomic E-state index is 13.9. The number of nitrogens with one attached hydrogen (secondary N) is 1. The first-order valence-electron chi connectivity index (χ1n) is 26.9. The number of amides is 1. The van der Waals surface area contributed by atoms with Crippen LogP contribution in [0.1, 0.15) is 253 Å². The fourth-order valence-corrected chi connectivity index (χ4v) is 8.80. The lowest BCUT2D eigenvalue weighted by Crippen LogP contribution is -2.55. The molecule has 4 atom stereocenters. The summed E-state index contributed by atoms with van der Waals surface area (Å²) in [6.07, 6.45) is 35.2. The molecule has 0 saturated carbocycles. The molecule has 1 amide bonds. The van der Waals surface area contributed by atoms with Gasteiger partial charge in [-0.05, 0) is 49.9 Å². The molecule has 9 heteroatoms. The van der Waals surface area contributed by atoms with E-state index in [9.17, 15) is 24.3 Å². The van der Waals surface area contributed by atoms with Gasteiger partial charge in [0, 0.05) is 6.92 Å². The normalized spacial score (nSPS) is 13.1. The van der Waals surface area contributed by atoms with E-state index >= 15 is 0 Å². The number of aliphatic hydroxyl groups is 1. The highest BCUT2D eigenvalue weighted by Crippen LogP contribution is 2.23. The van der Waals surface area contributed by atoms with Gasteiger partial charge in [0.25, 0.3) is 5.91 Å². The Hall–Kier alpha value is -3.72. The van der Waals surface area contributed by atoms with Gasteiger partial charge in [-0.25, -0.2) is 9.59 Å². The van der Waals surface area contributed by atoms with Crippen molar-refractivity contribution in [3.63, 3.8) is 0 Å². The number of carbonyl (C=O) groups excluding carboxylic acids is 4. The van der Waals surface area contributed by atoms with Crippen LogP contribution in [0.5, 0.6) is 0 Å². The lowest BCUT2D eigenvalue weighted by Gasteiger charge is -2.33. The van der Waals surface area contributed by atoms with Crippen LogP contribution in [0, 0.1) is 0 Å². The standard InChI is InChI=1S/C57H93NO8/c1-4-6-8-10-12-14-16-17-18-19-20-21-22-23-24-26-28-30-32-40-46-53(64-48(3)60)55(61)58-51(47-59)54(66-57(63)50-43-37-34-38-44-50)52(65-56(62)49-41-35-33-36-42-49)45-39-31-29-27-25-15-13-11-9-7-5-2/h33-38,41-44,51-54,59H,4-32,39-40,45-47H2,1-3H3,(H,58,61)/t51-,52+,53+,54-/m0/s1. The van der Waals surface area contributed by atoms with E-state index in [0.717, 1.165) is 38.5 Å². The number of benzene rings is 2. The van der Waals surface area contributed by atoms with Crippen LogP contribution in [0.25, 0.3) is 0 Å². The number of esters is 3. The summed E-state index contributed by atoms with van der Waals surface area (Å²) in [6.45, 7) is 5.17. The third-order valence-electron chi connectivity index (χ3n) is 12.8. The third kappa shape index (κ3) is 29.1. The Morgan fingerprint density at radius 3 is 1.14 bits per heavy atom. The maximum absolute atomic E-state index is 13.9. The average Bonchev–Trinajstić information content (AvgIpc) is 3.33. The monoisotopic (exact) mass is 920 g/mol. The summed E-state index contributed by atoms with van der Waals surface area (Å²) in [5, 5.41) is 13.7. The minimum atomic E-state index is -1.24. The molecule has 0 unspecified atom stereocenters. The zero-order chi connectivity index (χ0) is 47.7. The van der Waals surface area contributed by atoms with Gasteiger partial charge in [0.05, 0.1) is 23.8 Å². The SMILES string of the molecule is CCCCCCCCCCCCCCCCCCCCCC[C@@H](OC(C)=O)C(=O)N[C@@H](CO)[C@H](OC(=O)c1ccccc1)[C@@H](CCCCCCCCCCCCC)OC(=O)c1ccccc1. The van der Waals surface area contributed by atoms with E-state index in [2.05, 4.69) is 19.2 Å². The average molecular weight is 920 g/mol. The molecule has 9 nitrogen and oxygen atoms in total. The molecule has 2 aromatic carbocycles. The molecular weight excluding hydrogens is 827 g/mol. The number of aliphatic hydroxyl groups excluding tert-OH is 1. The lowest BCUT2D eigenvalue weighted by atomic mass is 9.98. The van der Waals surface area contributed by atoms with Gasteiger partial charge in [-0.3, -0.25) is 9.59 Å². The van der Waals surface area contributed by atoms with Gasteiger partial charge in [-0.1, -0.05) is 236 Å². The summed E-state index contributed by atoms with van der Waals surface area (Å²) in [5.74, 6) is -2.44. The van der Waals surface area contributed by atoms with E-state index < -0.39 is 54.8 Å². The first-order valence-corrected chi connectivity index (χ1v) is 26.9. The fourth-order valence-electron chi connectivity index (χ4n) is 8.80. The molecular formula is C57H93NO8. The molecule has 2 aromatic rings. The number of unbranched alkanes of at least 4 members (excludes halogenated alkanes) is 29. The van der Waals surface area contributed by atoms with E-state index in [1.54, 1.807) is 54.6 Å². The van der Waals surface area contributed by atoms with Crippen LogP contribution < -0.4 is 5.32 Å². The van der Waals surface area contributed by atoms with Crippen molar-refractivity contribution < 1.29 is 38.5 Å². The molecule has 0 bridgehead atoms. The zero-order valence-corrected chi connectivity index (χ0v) is 41.9. The van der Waals surface area contributed by atoms with E-state index in [1.807, 2.05) is 6.07 Å². The van der Waals surface area contributed by atoms with Crippen LogP contribution in [0.15, 0.2) is 60.7 Å². The summed E-state index contributed by atoms with van der Waals surface area (Å²) in [7, 11) is 0. The second-order valence-corrected chi connectivity index (χ2v) is 18.8. The first-order chi connectivity index (χ1) is 32.3. The van der Waals surface area contributed by atoms with Crippen molar-refractivity contribution in [3.05, 3.63) is 71.8 Å². The van der Waals surface area contributed by atoms with Gasteiger partial charge in [0.2, 0.25) is 0 Å². The van der Waals surface area contributed by atoms with Crippen LogP contribution >= 0.6 is 0 Å². The molecule has 0 fully saturated rings. The Morgan fingerprint density at radius 2 is 0.788 bits per heavy atom. The second kappa shape index (κ2) is 40.4. The summed E-state index contributed by atoms with van der Waals surface area (Å²) in [6, 6.07) is 15.9. The van der Waals surface area contributed by atoms with Gasteiger partial charge in [0.1, 0.15) is 6.10 Å². The van der Waals surface area contributed by atoms with Crippen molar-refractivity contribution in [2.45, 2.75) is 257 Å². The van der Waals surface area contributed by atoms with Crippen LogP contribution in [-0.2, 0) is 23.8 Å². The summed E-state index contributed by atoms with van der Waals surface area (Å²) in [4.78, 5) is 53.3. The van der Waals surface area contributed by atoms with Crippen molar-refractivity contribution in [1.29, 1.82) is 0 Å². The molecule has 0 radical (unpaired) electrons. The van der Waals surface area contributed by atoms with Gasteiger partial charge in [0.15, 0.2) is 12.2 Å². The van der Waals surface area contributed by atoms with Gasteiger partial charge in [-0.2, -0.15) is 0 Å². The molecule has 0 spiro atoms. The number of hydrogen-bond donors (Lipinski definition) is 2. The second-order valence-electron chi connectivity index (χ2n) is 18.8. The molecule has 0 aliphatic carbocycles. The van der Waals surface area contributed by atoms with Gasteiger partial charge >= 0.3 is 17.9 Å². The number of hydrogen-bond acceptors (Lipinski definition) is 8. The third-order valence-corrected chi connectivity index (χ3v) is 12.8. The van der Waals surface area contributed by atoms with Crippen molar-refractivity contribution >= 4 is 23.8 Å². The molecule has 0 aromatic heterocycles. The summed E-state index contributed by atoms with van der Waals surface area (Å²) in [5.41, 5.74) is 0.620. The Labute approximate surface area is 401 Å². The van der Waals surface area contributed by atoms with Crippen molar-refractivity contribution in [2.75, 3.05) is 6.61 Å². The van der Waals surface area contributed by atoms with E-state index in [-0.39, 0.29) is 5.56 Å². The molecule has 0 aliphatic heterocycles. The predicted octanol–water partition coefficient (Wildman–Crippen LogP) is 14.8. The molecule has 0 aliphatic rings. The number of ether oxygens (including phenoxy) is 3. The Bertz CT molecular complexity index is 1490. The fraction of sp³-hybridized carbons (Fsp3) is 0.719. The Morgan fingerprint density at radius 1 is 0.455 bits per heavy atom. The maximum Gasteiger partial charge on any atom is 0.338 e. The quantitative estimate of drug-likeness (QED) is 0.0382. The predicted molar refractivity (Wildman–Crippen MR) is 270 cm³/mol. The van der Waals surface area contributed by atoms with Crippen LogP contribution in [-0.4, -0.2) is 59.9 Å². The highest BCUT2D eigenvalue weighted by Gasteiger charge is 2.38. The zero-order valence-electron chi connectivity index (χ0n) is 41.9. The Kier molecular flexibility index (Phi) is 35.7. The molecule has 0 heterocycles. The van der Waals surface area contributed by atoms with Crippen LogP contribution in [0.4, 0.5) is 0 Å². The van der Waals surface area contributed by atoms with E-state index in [4.69, 9.17) is 14.2 Å². The van der Waals surface area contributed by atoms with Crippen LogP contribution in [0.2, 0.25) is 0 Å². The largest absolute Gasteiger partial charge is 0.455 e. The van der Waals surface area contributed by atoms with E-state index in [0.29, 0.717) is 31.2 Å².